The zero-order chi connectivity index (χ0) is 49.2. The molecule has 0 unspecified atom stereocenters. The maximum absolute atomic E-state index is 14.2. The summed E-state index contributed by atoms with van der Waals surface area (Å²) in [6, 6.07) is 27.0. The third-order valence-corrected chi connectivity index (χ3v) is 13.4. The molecule has 12 heteroatoms. The van der Waals surface area contributed by atoms with Crippen LogP contribution in [-0.4, -0.2) is 64.9 Å². The summed E-state index contributed by atoms with van der Waals surface area (Å²) < 4.78 is 23.3. The Labute approximate surface area is 407 Å². The highest BCUT2D eigenvalue weighted by atomic mass is 16.5. The van der Waals surface area contributed by atoms with Crippen LogP contribution in [0.1, 0.15) is 120 Å². The van der Waals surface area contributed by atoms with Crippen LogP contribution in [0, 0.1) is 17.3 Å². The number of unbranched alkanes of at least 4 members (excludes halogenated alkanes) is 2. The van der Waals surface area contributed by atoms with Gasteiger partial charge in [0.1, 0.15) is 11.5 Å². The Kier molecular flexibility index (Phi) is 19.5. The van der Waals surface area contributed by atoms with E-state index < -0.39 is 29.2 Å². The second kappa shape index (κ2) is 25.6. The number of carbonyl (C=O) groups excluding carboxylic acids is 4. The van der Waals surface area contributed by atoms with E-state index in [2.05, 4.69) is 13.8 Å². The monoisotopic (exact) mass is 943 g/mol. The Morgan fingerprint density at radius 3 is 1.35 bits per heavy atom. The third kappa shape index (κ3) is 15.5. The Morgan fingerprint density at radius 2 is 0.957 bits per heavy atom. The number of carbonyl (C=O) groups is 4. The maximum atomic E-state index is 14.2. The second-order valence-electron chi connectivity index (χ2n) is 18.8. The maximum Gasteiger partial charge on any atom is 0.314 e. The Morgan fingerprint density at radius 1 is 0.565 bits per heavy atom. The van der Waals surface area contributed by atoms with Crippen molar-refractivity contribution < 1.29 is 48.3 Å². The number of benzene rings is 4. The van der Waals surface area contributed by atoms with Crippen LogP contribution < -0.4 is 20.9 Å². The number of nitrogens with two attached hydrogens (primary N) is 2. The van der Waals surface area contributed by atoms with Gasteiger partial charge in [-0.2, -0.15) is 0 Å². The van der Waals surface area contributed by atoms with E-state index >= 15 is 0 Å². The van der Waals surface area contributed by atoms with E-state index in [4.69, 9.17) is 30.4 Å². The first-order chi connectivity index (χ1) is 33.2. The number of ether oxygens (including phenoxy) is 4. The molecule has 6 rings (SSSR count). The van der Waals surface area contributed by atoms with Crippen LogP contribution in [0.15, 0.2) is 109 Å². The molecule has 368 valence electrons. The zero-order valence-electron chi connectivity index (χ0n) is 40.2. The average Bonchev–Trinajstić information content (AvgIpc) is 3.35. The van der Waals surface area contributed by atoms with Gasteiger partial charge in [0, 0.05) is 36.4 Å². The standard InChI is InChI=1S/C57H70N2O10/c1-3-5-35-66-49-30-17-44(18-31-49)54(62)68-51-26-12-40(13-27-51)11-25-48(60)39-56(37-42-7-21-46(58)22-8-42,38-43-9-23-47(59)24-10-43)57(64,65)53(61)34-16-41-14-28-52(29-15-41)69-55(63)45-19-32-50(33-20-45)67-36-6-4-2/h7-16,21-29,34,44-45,49-50,64-65H,3-6,17-20,30-33,35-39,58-59H2,1-2H3. The van der Waals surface area contributed by atoms with Gasteiger partial charge in [0.15, 0.2) is 5.78 Å². The molecule has 2 fully saturated rings. The number of rotatable bonds is 24. The quantitative estimate of drug-likeness (QED) is 0.0130. The normalized spacial score (nSPS) is 18.8. The Hall–Kier alpha value is -5.92. The van der Waals surface area contributed by atoms with Crippen molar-refractivity contribution in [1.29, 1.82) is 0 Å². The van der Waals surface area contributed by atoms with Crippen LogP contribution in [0.2, 0.25) is 0 Å². The van der Waals surface area contributed by atoms with Gasteiger partial charge in [-0.25, -0.2) is 0 Å². The molecule has 2 saturated carbocycles. The summed E-state index contributed by atoms with van der Waals surface area (Å²) in [7, 11) is 0. The highest BCUT2D eigenvalue weighted by Crippen LogP contribution is 2.43. The van der Waals surface area contributed by atoms with Crippen molar-refractivity contribution in [3.63, 3.8) is 0 Å². The van der Waals surface area contributed by atoms with Gasteiger partial charge in [0.25, 0.3) is 0 Å². The lowest BCUT2D eigenvalue weighted by Gasteiger charge is -2.42. The van der Waals surface area contributed by atoms with E-state index in [-0.39, 0.29) is 48.8 Å². The molecule has 0 heterocycles. The van der Waals surface area contributed by atoms with Crippen molar-refractivity contribution in [1.82, 2.24) is 0 Å². The first kappa shape index (κ1) is 52.5. The zero-order valence-corrected chi connectivity index (χ0v) is 40.2. The van der Waals surface area contributed by atoms with Crippen molar-refractivity contribution in [3.05, 3.63) is 131 Å². The number of aliphatic hydroxyl groups is 2. The minimum absolute atomic E-state index is 0.0923. The fraction of sp³-hybridized carbons (Fsp3) is 0.439. The van der Waals surface area contributed by atoms with E-state index in [0.29, 0.717) is 70.8 Å². The molecule has 0 aliphatic heterocycles. The fourth-order valence-electron chi connectivity index (χ4n) is 9.15. The Bertz CT molecular complexity index is 2280. The smallest absolute Gasteiger partial charge is 0.314 e. The lowest BCUT2D eigenvalue weighted by atomic mass is 9.65. The third-order valence-electron chi connectivity index (χ3n) is 13.4. The molecule has 2 aliphatic rings. The molecule has 0 saturated heterocycles. The second-order valence-corrected chi connectivity index (χ2v) is 18.8. The molecule has 12 nitrogen and oxygen atoms in total. The van der Waals surface area contributed by atoms with Gasteiger partial charge >= 0.3 is 11.9 Å². The first-order valence-electron chi connectivity index (χ1n) is 24.7. The molecule has 0 atom stereocenters. The summed E-state index contributed by atoms with van der Waals surface area (Å²) in [6.45, 7) is 5.74. The predicted octanol–water partition coefficient (Wildman–Crippen LogP) is 9.82. The summed E-state index contributed by atoms with van der Waals surface area (Å²) in [5.74, 6) is -4.78. The molecular weight excluding hydrogens is 873 g/mol. The minimum atomic E-state index is -3.07. The number of nitrogen functional groups attached to an aromatic ring is 2. The molecule has 0 bridgehead atoms. The van der Waals surface area contributed by atoms with Crippen LogP contribution in [0.3, 0.4) is 0 Å². The van der Waals surface area contributed by atoms with Gasteiger partial charge in [0.05, 0.1) is 24.0 Å². The molecule has 0 aromatic heterocycles. The van der Waals surface area contributed by atoms with E-state index in [9.17, 15) is 29.4 Å². The van der Waals surface area contributed by atoms with E-state index in [1.807, 2.05) is 0 Å². The number of esters is 2. The van der Waals surface area contributed by atoms with Crippen molar-refractivity contribution in [2.24, 2.45) is 17.3 Å². The van der Waals surface area contributed by atoms with Crippen molar-refractivity contribution in [3.8, 4) is 11.5 Å². The van der Waals surface area contributed by atoms with Crippen LogP contribution in [0.5, 0.6) is 11.5 Å². The van der Waals surface area contributed by atoms with Gasteiger partial charge in [0.2, 0.25) is 11.6 Å². The summed E-state index contributed by atoms with van der Waals surface area (Å²) in [5, 5.41) is 24.5. The van der Waals surface area contributed by atoms with Gasteiger partial charge in [-0.1, -0.05) is 87.4 Å². The summed E-state index contributed by atoms with van der Waals surface area (Å²) in [4.78, 5) is 54.4. The van der Waals surface area contributed by atoms with Crippen molar-refractivity contribution in [2.45, 2.75) is 128 Å². The molecular formula is C57H70N2O10. The molecule has 6 N–H and O–H groups in total. The van der Waals surface area contributed by atoms with Gasteiger partial charge in [-0.3, -0.25) is 19.2 Å². The lowest BCUT2D eigenvalue weighted by molar-refractivity contribution is -0.230. The number of anilines is 2. The van der Waals surface area contributed by atoms with E-state index in [1.54, 1.807) is 103 Å². The van der Waals surface area contributed by atoms with Crippen LogP contribution in [0.25, 0.3) is 12.2 Å². The minimum Gasteiger partial charge on any atom is -0.426 e. The first-order valence-corrected chi connectivity index (χ1v) is 24.7. The molecule has 4 aromatic rings. The van der Waals surface area contributed by atoms with Crippen LogP contribution in [-0.2, 0) is 41.5 Å². The fourth-order valence-corrected chi connectivity index (χ4v) is 9.15. The number of ketones is 2. The summed E-state index contributed by atoms with van der Waals surface area (Å²) in [5.41, 5.74) is 13.6. The molecule has 0 spiro atoms. The number of hydrogen-bond acceptors (Lipinski definition) is 12. The van der Waals surface area contributed by atoms with Crippen LogP contribution >= 0.6 is 0 Å². The largest absolute Gasteiger partial charge is 0.426 e. The Balaban J connectivity index is 1.15. The highest BCUT2D eigenvalue weighted by Gasteiger charge is 2.54. The van der Waals surface area contributed by atoms with Crippen molar-refractivity contribution >= 4 is 47.0 Å². The van der Waals surface area contributed by atoms with E-state index in [0.717, 1.165) is 70.7 Å². The van der Waals surface area contributed by atoms with Gasteiger partial charge in [-0.05, 0) is 160 Å². The highest BCUT2D eigenvalue weighted by molar-refractivity contribution is 6.01. The van der Waals surface area contributed by atoms with E-state index in [1.165, 1.54) is 12.2 Å². The molecule has 2 aliphatic carbocycles. The average molecular weight is 943 g/mol. The summed E-state index contributed by atoms with van der Waals surface area (Å²) in [6.07, 6.45) is 15.5. The van der Waals surface area contributed by atoms with Gasteiger partial charge < -0.3 is 40.6 Å². The summed E-state index contributed by atoms with van der Waals surface area (Å²) >= 11 is 0. The topological polar surface area (TPSA) is 198 Å². The van der Waals surface area contributed by atoms with Crippen LogP contribution in [0.4, 0.5) is 11.4 Å². The SMILES string of the molecule is CCCCOC1CCC(C(=O)Oc2ccc(C=CC(=O)CC(Cc3ccc(N)cc3)(Cc3ccc(N)cc3)C(O)(O)C(=O)C=Cc3ccc(OC(=O)C4CCC(OCCCC)CC4)cc3)cc2)CC1. The lowest BCUT2D eigenvalue weighted by Crippen LogP contribution is -2.57. The molecule has 69 heavy (non-hydrogen) atoms. The number of allylic oxidation sites excluding steroid dienone is 1. The number of hydrogen-bond donors (Lipinski definition) is 4. The van der Waals surface area contributed by atoms with Gasteiger partial charge in [-0.15, -0.1) is 0 Å². The predicted molar refractivity (Wildman–Crippen MR) is 269 cm³/mol. The molecule has 0 radical (unpaired) electrons. The molecule has 4 aromatic carbocycles. The molecule has 0 amide bonds. The van der Waals surface area contributed by atoms with Crippen molar-refractivity contribution in [2.75, 3.05) is 24.7 Å².